The SMILES string of the molecule is CCCCCOC.CCOc1ccc2c(c1)NCC(C(=NC)/C(C(=O)NCCOC)=C(\C)N)=C2. The highest BCUT2D eigenvalue weighted by molar-refractivity contribution is 6.30. The molecule has 0 bridgehead atoms. The molecule has 34 heavy (non-hydrogen) atoms. The number of nitrogens with zero attached hydrogens (tertiary/aromatic N) is 1. The lowest BCUT2D eigenvalue weighted by Gasteiger charge is -2.22. The van der Waals surface area contributed by atoms with Crippen molar-refractivity contribution >= 4 is 23.4 Å². The molecule has 4 N–H and O–H groups in total. The lowest BCUT2D eigenvalue weighted by atomic mass is 9.95. The van der Waals surface area contributed by atoms with Crippen molar-refractivity contribution in [3.63, 3.8) is 0 Å². The predicted octanol–water partition coefficient (Wildman–Crippen LogP) is 3.78. The number of carbonyl (C=O) groups is 1. The largest absolute Gasteiger partial charge is 0.494 e. The first-order valence-electron chi connectivity index (χ1n) is 11.8. The van der Waals surface area contributed by atoms with Gasteiger partial charge in [0.05, 0.1) is 24.5 Å². The summed E-state index contributed by atoms with van der Waals surface area (Å²) in [6, 6.07) is 5.88. The minimum absolute atomic E-state index is 0.258. The van der Waals surface area contributed by atoms with Gasteiger partial charge in [0, 0.05) is 58.4 Å². The number of fused-ring (bicyclic) bond motifs is 1. The Kier molecular flexibility index (Phi) is 14.4. The second-order valence-corrected chi connectivity index (χ2v) is 7.78. The van der Waals surface area contributed by atoms with Gasteiger partial charge in [0.25, 0.3) is 5.91 Å². The molecule has 0 saturated heterocycles. The number of aliphatic imine (C=N–C) groups is 1. The van der Waals surface area contributed by atoms with Gasteiger partial charge in [-0.2, -0.15) is 0 Å². The summed E-state index contributed by atoms with van der Waals surface area (Å²) in [7, 11) is 4.99. The van der Waals surface area contributed by atoms with Crippen molar-refractivity contribution in [2.45, 2.75) is 40.0 Å². The summed E-state index contributed by atoms with van der Waals surface area (Å²) in [5.41, 5.74) is 10.3. The van der Waals surface area contributed by atoms with E-state index in [1.165, 1.54) is 19.3 Å². The van der Waals surface area contributed by atoms with Crippen molar-refractivity contribution < 1.29 is 19.0 Å². The Bertz CT molecular complexity index is 854. The van der Waals surface area contributed by atoms with Gasteiger partial charge in [-0.15, -0.1) is 0 Å². The zero-order valence-electron chi connectivity index (χ0n) is 21.6. The zero-order chi connectivity index (χ0) is 25.3. The van der Waals surface area contributed by atoms with Crippen LogP contribution < -0.4 is 21.1 Å². The number of anilines is 1. The van der Waals surface area contributed by atoms with E-state index in [2.05, 4.69) is 22.5 Å². The summed E-state index contributed by atoms with van der Waals surface area (Å²) in [5.74, 6) is 0.562. The summed E-state index contributed by atoms with van der Waals surface area (Å²) in [6.45, 7) is 8.77. The number of allylic oxidation sites excluding steroid dienone is 1. The van der Waals surface area contributed by atoms with E-state index in [4.69, 9.17) is 19.9 Å². The fourth-order valence-electron chi connectivity index (χ4n) is 3.39. The zero-order valence-corrected chi connectivity index (χ0v) is 21.6. The Hall–Kier alpha value is -2.84. The number of nitrogens with one attached hydrogen (secondary N) is 2. The summed E-state index contributed by atoms with van der Waals surface area (Å²) in [5, 5.41) is 6.18. The number of nitrogens with two attached hydrogens (primary N) is 1. The smallest absolute Gasteiger partial charge is 0.255 e. The van der Waals surface area contributed by atoms with Crippen LogP contribution in [0.2, 0.25) is 0 Å². The molecule has 2 rings (SSSR count). The van der Waals surface area contributed by atoms with Crippen LogP contribution in [-0.4, -0.2) is 65.8 Å². The summed E-state index contributed by atoms with van der Waals surface area (Å²) in [6.07, 6.45) is 5.82. The molecule has 1 heterocycles. The van der Waals surface area contributed by atoms with Crippen LogP contribution in [0.25, 0.3) is 6.08 Å². The number of rotatable bonds is 12. The first kappa shape index (κ1) is 29.2. The van der Waals surface area contributed by atoms with Gasteiger partial charge >= 0.3 is 0 Å². The van der Waals surface area contributed by atoms with Crippen molar-refractivity contribution in [3.05, 3.63) is 40.6 Å². The topological polar surface area (TPSA) is 107 Å². The molecule has 1 amide bonds. The van der Waals surface area contributed by atoms with E-state index in [9.17, 15) is 4.79 Å². The van der Waals surface area contributed by atoms with E-state index < -0.39 is 0 Å². The highest BCUT2D eigenvalue weighted by atomic mass is 16.5. The number of unbranched alkanes of at least 4 members (excludes halogenated alkanes) is 2. The quantitative estimate of drug-likeness (QED) is 0.242. The second-order valence-electron chi connectivity index (χ2n) is 7.78. The van der Waals surface area contributed by atoms with Gasteiger partial charge in [-0.25, -0.2) is 0 Å². The van der Waals surface area contributed by atoms with Gasteiger partial charge in [0.15, 0.2) is 0 Å². The molecule has 8 heteroatoms. The first-order chi connectivity index (χ1) is 16.4. The predicted molar refractivity (Wildman–Crippen MR) is 141 cm³/mol. The third-order valence-corrected chi connectivity index (χ3v) is 5.06. The van der Waals surface area contributed by atoms with E-state index in [1.54, 1.807) is 28.2 Å². The molecule has 0 unspecified atom stereocenters. The molecule has 0 spiro atoms. The van der Waals surface area contributed by atoms with Gasteiger partial charge in [-0.1, -0.05) is 19.8 Å². The van der Waals surface area contributed by atoms with E-state index in [0.29, 0.717) is 43.3 Å². The van der Waals surface area contributed by atoms with Crippen molar-refractivity contribution in [1.82, 2.24) is 5.32 Å². The third-order valence-electron chi connectivity index (χ3n) is 5.06. The number of amides is 1. The molecule has 1 aliphatic heterocycles. The second kappa shape index (κ2) is 16.7. The molecule has 0 aliphatic carbocycles. The van der Waals surface area contributed by atoms with Crippen molar-refractivity contribution in [2.75, 3.05) is 59.5 Å². The average Bonchev–Trinajstić information content (AvgIpc) is 2.83. The molecule has 0 saturated carbocycles. The van der Waals surface area contributed by atoms with E-state index in [-0.39, 0.29) is 5.91 Å². The van der Waals surface area contributed by atoms with Gasteiger partial charge in [-0.05, 0) is 49.6 Å². The Labute approximate surface area is 204 Å². The van der Waals surface area contributed by atoms with Gasteiger partial charge in [-0.3, -0.25) is 9.79 Å². The summed E-state index contributed by atoms with van der Waals surface area (Å²) >= 11 is 0. The molecule has 0 aromatic heterocycles. The van der Waals surface area contributed by atoms with Gasteiger partial charge < -0.3 is 30.6 Å². The molecule has 1 aromatic rings. The lowest BCUT2D eigenvalue weighted by molar-refractivity contribution is -0.117. The van der Waals surface area contributed by atoms with Gasteiger partial charge in [0.2, 0.25) is 0 Å². The van der Waals surface area contributed by atoms with Crippen LogP contribution in [0.4, 0.5) is 5.69 Å². The molecular formula is C26H42N4O4. The maximum Gasteiger partial charge on any atom is 0.255 e. The monoisotopic (exact) mass is 474 g/mol. The number of carbonyl (C=O) groups excluding carboxylic acids is 1. The van der Waals surface area contributed by atoms with Crippen LogP contribution in [0.3, 0.4) is 0 Å². The van der Waals surface area contributed by atoms with E-state index >= 15 is 0 Å². The molecule has 190 valence electrons. The lowest BCUT2D eigenvalue weighted by Crippen LogP contribution is -2.34. The molecule has 0 fully saturated rings. The number of hydrogen-bond donors (Lipinski definition) is 3. The summed E-state index contributed by atoms with van der Waals surface area (Å²) < 4.78 is 15.4. The van der Waals surface area contributed by atoms with E-state index in [0.717, 1.165) is 29.2 Å². The van der Waals surface area contributed by atoms with Crippen LogP contribution in [0.1, 0.15) is 45.6 Å². The molecule has 8 nitrogen and oxygen atoms in total. The standard InChI is InChI=1S/C20H28N4O3.C6H14O/c1-5-27-16-7-6-14-10-15(12-24-17(14)11-16)19(22-3)18(13(2)21)20(25)23-8-9-26-4;1-3-4-5-6-7-2/h6-7,10-11,24H,5,8-9,12,21H2,1-4H3,(H,23,25);3-6H2,1-2H3/b18-13-,22-19?;. The molecule has 0 atom stereocenters. The number of hydrogen-bond acceptors (Lipinski definition) is 7. The fourth-order valence-corrected chi connectivity index (χ4v) is 3.39. The Balaban J connectivity index is 0.000000718. The van der Waals surface area contributed by atoms with Crippen LogP contribution in [-0.2, 0) is 14.3 Å². The molecule has 0 radical (unpaired) electrons. The minimum atomic E-state index is -0.258. The Morgan fingerprint density at radius 2 is 1.91 bits per heavy atom. The number of ether oxygens (including phenoxy) is 3. The van der Waals surface area contributed by atoms with Crippen LogP contribution >= 0.6 is 0 Å². The normalized spacial score (nSPS) is 13.5. The Morgan fingerprint density at radius 1 is 1.18 bits per heavy atom. The van der Waals surface area contributed by atoms with E-state index in [1.807, 2.05) is 31.2 Å². The number of benzene rings is 1. The highest BCUT2D eigenvalue weighted by Gasteiger charge is 2.23. The maximum absolute atomic E-state index is 12.6. The molecular weight excluding hydrogens is 432 g/mol. The van der Waals surface area contributed by atoms with Crippen molar-refractivity contribution in [3.8, 4) is 5.75 Å². The third kappa shape index (κ3) is 9.57. The van der Waals surface area contributed by atoms with Crippen molar-refractivity contribution in [1.29, 1.82) is 0 Å². The average molecular weight is 475 g/mol. The fraction of sp³-hybridized carbons (Fsp3) is 0.538. The van der Waals surface area contributed by atoms with Crippen LogP contribution in [0.15, 0.2) is 40.0 Å². The maximum atomic E-state index is 12.6. The first-order valence-corrected chi connectivity index (χ1v) is 11.8. The van der Waals surface area contributed by atoms with Gasteiger partial charge in [0.1, 0.15) is 5.75 Å². The van der Waals surface area contributed by atoms with Crippen LogP contribution in [0, 0.1) is 0 Å². The minimum Gasteiger partial charge on any atom is -0.494 e. The molecule has 1 aliphatic rings. The Morgan fingerprint density at radius 3 is 2.50 bits per heavy atom. The highest BCUT2D eigenvalue weighted by Crippen LogP contribution is 2.29. The molecule has 1 aromatic carbocycles. The van der Waals surface area contributed by atoms with Crippen molar-refractivity contribution in [2.24, 2.45) is 10.7 Å². The van der Waals surface area contributed by atoms with Crippen LogP contribution in [0.5, 0.6) is 5.75 Å². The number of methoxy groups -OCH3 is 2. The summed E-state index contributed by atoms with van der Waals surface area (Å²) in [4.78, 5) is 17.0.